The molecule has 2 rings (SSSR count). The molecule has 0 spiro atoms. The molecule has 1 N–H and O–H groups in total. The summed E-state index contributed by atoms with van der Waals surface area (Å²) in [5.74, 6) is -0.720. The molecule has 0 saturated heterocycles. The number of carbonyl (C=O) groups is 1. The van der Waals surface area contributed by atoms with Crippen LogP contribution in [0, 0.1) is 0 Å². The number of carboxylic acid groups (broad SMARTS) is 1. The SMILES string of the molecule is CC(C)N(Cc1nc(C(=O)O)co1)c1cnn(C)c1. The highest BCUT2D eigenvalue weighted by Crippen LogP contribution is 2.18. The van der Waals surface area contributed by atoms with Gasteiger partial charge in [-0.1, -0.05) is 0 Å². The smallest absolute Gasteiger partial charge is 0.357 e. The van der Waals surface area contributed by atoms with E-state index < -0.39 is 5.97 Å². The van der Waals surface area contributed by atoms with Gasteiger partial charge in [-0.3, -0.25) is 4.68 Å². The van der Waals surface area contributed by atoms with Crippen molar-refractivity contribution in [1.29, 1.82) is 0 Å². The predicted octanol–water partition coefficient (Wildman–Crippen LogP) is 1.52. The number of aromatic nitrogens is 3. The van der Waals surface area contributed by atoms with Gasteiger partial charge in [0.25, 0.3) is 0 Å². The lowest BCUT2D eigenvalue weighted by Gasteiger charge is -2.25. The van der Waals surface area contributed by atoms with Gasteiger partial charge < -0.3 is 14.4 Å². The Morgan fingerprint density at radius 1 is 1.58 bits per heavy atom. The highest BCUT2D eigenvalue weighted by Gasteiger charge is 2.17. The number of oxazole rings is 1. The normalized spacial score (nSPS) is 10.9. The van der Waals surface area contributed by atoms with Gasteiger partial charge in [-0.2, -0.15) is 5.10 Å². The van der Waals surface area contributed by atoms with Crippen LogP contribution in [0.4, 0.5) is 5.69 Å². The maximum absolute atomic E-state index is 10.8. The topological polar surface area (TPSA) is 84.4 Å². The molecule has 0 amide bonds. The zero-order valence-corrected chi connectivity index (χ0v) is 11.1. The molecule has 0 aliphatic heterocycles. The lowest BCUT2D eigenvalue weighted by atomic mass is 10.3. The van der Waals surface area contributed by atoms with Crippen molar-refractivity contribution in [3.8, 4) is 0 Å². The highest BCUT2D eigenvalue weighted by atomic mass is 16.4. The highest BCUT2D eigenvalue weighted by molar-refractivity contribution is 5.84. The fourth-order valence-electron chi connectivity index (χ4n) is 1.76. The minimum absolute atomic E-state index is 0.0788. The van der Waals surface area contributed by atoms with Crippen molar-refractivity contribution in [2.24, 2.45) is 7.05 Å². The van der Waals surface area contributed by atoms with E-state index in [1.54, 1.807) is 10.9 Å². The van der Waals surface area contributed by atoms with E-state index >= 15 is 0 Å². The first-order valence-electron chi connectivity index (χ1n) is 5.90. The van der Waals surface area contributed by atoms with Gasteiger partial charge in [-0.05, 0) is 13.8 Å². The quantitative estimate of drug-likeness (QED) is 0.881. The molecule has 7 heteroatoms. The summed E-state index contributed by atoms with van der Waals surface area (Å²) in [6.07, 6.45) is 4.79. The number of aryl methyl sites for hydroxylation is 1. The van der Waals surface area contributed by atoms with Gasteiger partial charge in [0, 0.05) is 19.3 Å². The van der Waals surface area contributed by atoms with Crippen LogP contribution >= 0.6 is 0 Å². The number of nitrogens with zero attached hydrogens (tertiary/aromatic N) is 4. The fraction of sp³-hybridized carbons (Fsp3) is 0.417. The summed E-state index contributed by atoms with van der Waals surface area (Å²) < 4.78 is 6.89. The van der Waals surface area contributed by atoms with Gasteiger partial charge in [-0.15, -0.1) is 0 Å². The molecule has 0 atom stereocenters. The lowest BCUT2D eigenvalue weighted by molar-refractivity contribution is 0.0690. The molecule has 0 fully saturated rings. The molecule has 2 aromatic heterocycles. The minimum atomic E-state index is -1.09. The number of anilines is 1. The average molecular weight is 264 g/mol. The second-order valence-corrected chi connectivity index (χ2v) is 4.53. The summed E-state index contributed by atoms with van der Waals surface area (Å²) >= 11 is 0. The Hall–Kier alpha value is -2.31. The maximum Gasteiger partial charge on any atom is 0.357 e. The summed E-state index contributed by atoms with van der Waals surface area (Å²) in [5, 5.41) is 12.9. The van der Waals surface area contributed by atoms with Crippen LogP contribution < -0.4 is 4.90 Å². The second-order valence-electron chi connectivity index (χ2n) is 4.53. The van der Waals surface area contributed by atoms with Crippen LogP contribution in [0.2, 0.25) is 0 Å². The van der Waals surface area contributed by atoms with E-state index in [1.807, 2.05) is 32.0 Å². The number of carboxylic acids is 1. The third-order valence-corrected chi connectivity index (χ3v) is 2.72. The van der Waals surface area contributed by atoms with E-state index in [1.165, 1.54) is 0 Å². The Balaban J connectivity index is 2.19. The molecule has 19 heavy (non-hydrogen) atoms. The molecule has 2 heterocycles. The molecule has 0 saturated carbocycles. The standard InChI is InChI=1S/C12H16N4O3/c1-8(2)16(9-4-13-15(3)5-9)6-11-14-10(7-19-11)12(17)18/h4-5,7-8H,6H2,1-3H3,(H,17,18). The first kappa shape index (κ1) is 13.1. The van der Waals surface area contributed by atoms with Gasteiger partial charge in [0.1, 0.15) is 6.26 Å². The molecule has 102 valence electrons. The van der Waals surface area contributed by atoms with E-state index in [9.17, 15) is 4.79 Å². The molecule has 0 aromatic carbocycles. The van der Waals surface area contributed by atoms with Crippen molar-refractivity contribution in [3.63, 3.8) is 0 Å². The van der Waals surface area contributed by atoms with Crippen LogP contribution in [-0.2, 0) is 13.6 Å². The van der Waals surface area contributed by atoms with Crippen LogP contribution in [0.1, 0.15) is 30.2 Å². The Kier molecular flexibility index (Phi) is 3.55. The molecular weight excluding hydrogens is 248 g/mol. The Bertz CT molecular complexity index is 573. The van der Waals surface area contributed by atoms with Crippen molar-refractivity contribution < 1.29 is 14.3 Å². The number of aromatic carboxylic acids is 1. The summed E-state index contributed by atoms with van der Waals surface area (Å²) in [6.45, 7) is 4.47. The van der Waals surface area contributed by atoms with Gasteiger partial charge in [0.05, 0.1) is 18.4 Å². The van der Waals surface area contributed by atoms with E-state index in [0.717, 1.165) is 12.0 Å². The summed E-state index contributed by atoms with van der Waals surface area (Å²) in [6, 6.07) is 0.212. The van der Waals surface area contributed by atoms with Gasteiger partial charge >= 0.3 is 5.97 Å². The molecule has 0 bridgehead atoms. The number of rotatable bonds is 5. The summed E-state index contributed by atoms with van der Waals surface area (Å²) in [4.78, 5) is 16.7. The largest absolute Gasteiger partial charge is 0.476 e. The third kappa shape index (κ3) is 2.93. The van der Waals surface area contributed by atoms with E-state index in [0.29, 0.717) is 12.4 Å². The van der Waals surface area contributed by atoms with Crippen LogP contribution in [0.25, 0.3) is 0 Å². The minimum Gasteiger partial charge on any atom is -0.476 e. The van der Waals surface area contributed by atoms with Crippen molar-refractivity contribution in [1.82, 2.24) is 14.8 Å². The molecule has 7 nitrogen and oxygen atoms in total. The van der Waals surface area contributed by atoms with E-state index in [4.69, 9.17) is 9.52 Å². The Morgan fingerprint density at radius 3 is 2.79 bits per heavy atom. The first-order valence-corrected chi connectivity index (χ1v) is 5.90. The average Bonchev–Trinajstić information content (AvgIpc) is 2.94. The van der Waals surface area contributed by atoms with Crippen molar-refractivity contribution in [2.45, 2.75) is 26.4 Å². The van der Waals surface area contributed by atoms with Crippen LogP contribution in [0.5, 0.6) is 0 Å². The van der Waals surface area contributed by atoms with Crippen LogP contribution in [0.15, 0.2) is 23.1 Å². The van der Waals surface area contributed by atoms with Crippen molar-refractivity contribution >= 4 is 11.7 Å². The van der Waals surface area contributed by atoms with Crippen molar-refractivity contribution in [2.75, 3.05) is 4.90 Å². The van der Waals surface area contributed by atoms with Gasteiger partial charge in [-0.25, -0.2) is 9.78 Å². The van der Waals surface area contributed by atoms with Gasteiger partial charge in [0.2, 0.25) is 5.89 Å². The van der Waals surface area contributed by atoms with E-state index in [2.05, 4.69) is 10.1 Å². The second kappa shape index (κ2) is 5.13. The first-order chi connectivity index (χ1) is 8.97. The molecule has 0 radical (unpaired) electrons. The molecule has 0 aliphatic rings. The van der Waals surface area contributed by atoms with Gasteiger partial charge in [0.15, 0.2) is 5.69 Å². The zero-order chi connectivity index (χ0) is 14.0. The summed E-state index contributed by atoms with van der Waals surface area (Å²) in [7, 11) is 1.84. The molecular formula is C12H16N4O3. The third-order valence-electron chi connectivity index (χ3n) is 2.72. The Morgan fingerprint density at radius 2 is 2.32 bits per heavy atom. The van der Waals surface area contributed by atoms with Crippen molar-refractivity contribution in [3.05, 3.63) is 30.2 Å². The molecule has 0 aliphatic carbocycles. The van der Waals surface area contributed by atoms with Crippen LogP contribution in [-0.4, -0.2) is 31.9 Å². The lowest BCUT2D eigenvalue weighted by Crippen LogP contribution is -2.30. The molecule has 2 aromatic rings. The fourth-order valence-corrected chi connectivity index (χ4v) is 1.76. The van der Waals surface area contributed by atoms with E-state index in [-0.39, 0.29) is 11.7 Å². The monoisotopic (exact) mass is 264 g/mol. The van der Waals surface area contributed by atoms with Crippen LogP contribution in [0.3, 0.4) is 0 Å². The number of hydrogen-bond acceptors (Lipinski definition) is 5. The number of hydrogen-bond donors (Lipinski definition) is 1. The maximum atomic E-state index is 10.8. The Labute approximate surface area is 110 Å². The summed E-state index contributed by atoms with van der Waals surface area (Å²) in [5.41, 5.74) is 0.859. The zero-order valence-electron chi connectivity index (χ0n) is 11.1. The molecule has 0 unspecified atom stereocenters. The predicted molar refractivity (Wildman–Crippen MR) is 68.0 cm³/mol.